The van der Waals surface area contributed by atoms with E-state index in [1.165, 1.54) is 38.5 Å². The SMILES string of the molecule is Cl.O=C(CCC1CCNCC1)NCCCOC1CCCC1. The zero-order chi connectivity index (χ0) is 14.0. The zero-order valence-electron chi connectivity index (χ0n) is 13.1. The molecule has 21 heavy (non-hydrogen) atoms. The van der Waals surface area contributed by atoms with E-state index in [0.717, 1.165) is 45.0 Å². The summed E-state index contributed by atoms with van der Waals surface area (Å²) in [5, 5.41) is 6.37. The highest BCUT2D eigenvalue weighted by atomic mass is 35.5. The summed E-state index contributed by atoms with van der Waals surface area (Å²) in [4.78, 5) is 11.7. The van der Waals surface area contributed by atoms with Crippen LogP contribution in [0.4, 0.5) is 0 Å². The van der Waals surface area contributed by atoms with Crippen LogP contribution in [0.25, 0.3) is 0 Å². The number of ether oxygens (including phenoxy) is 1. The Morgan fingerprint density at radius 3 is 2.57 bits per heavy atom. The van der Waals surface area contributed by atoms with E-state index >= 15 is 0 Å². The van der Waals surface area contributed by atoms with Crippen molar-refractivity contribution < 1.29 is 9.53 Å². The van der Waals surface area contributed by atoms with E-state index in [-0.39, 0.29) is 18.3 Å². The van der Waals surface area contributed by atoms with Gasteiger partial charge in [0.15, 0.2) is 0 Å². The number of amides is 1. The first kappa shape index (κ1) is 18.7. The van der Waals surface area contributed by atoms with Gasteiger partial charge >= 0.3 is 0 Å². The number of carbonyl (C=O) groups excluding carboxylic acids is 1. The molecular weight excluding hydrogens is 288 g/mol. The standard InChI is InChI=1S/C16H30N2O2.ClH/c19-16(7-6-14-8-11-17-12-9-14)18-10-3-13-20-15-4-1-2-5-15;/h14-15,17H,1-13H2,(H,18,19);1H. The van der Waals surface area contributed by atoms with Crippen LogP contribution in [0.3, 0.4) is 0 Å². The molecule has 0 aromatic carbocycles. The van der Waals surface area contributed by atoms with Crippen molar-refractivity contribution in [1.29, 1.82) is 0 Å². The lowest BCUT2D eigenvalue weighted by atomic mass is 9.93. The summed E-state index contributed by atoms with van der Waals surface area (Å²) in [5.74, 6) is 0.956. The van der Waals surface area contributed by atoms with Gasteiger partial charge in [-0.05, 0) is 57.5 Å². The van der Waals surface area contributed by atoms with Crippen LogP contribution in [-0.4, -0.2) is 38.3 Å². The fraction of sp³-hybridized carbons (Fsp3) is 0.938. The van der Waals surface area contributed by atoms with Gasteiger partial charge in [-0.25, -0.2) is 0 Å². The highest BCUT2D eigenvalue weighted by molar-refractivity contribution is 5.85. The molecule has 1 saturated heterocycles. The van der Waals surface area contributed by atoms with Gasteiger partial charge in [0.2, 0.25) is 5.91 Å². The van der Waals surface area contributed by atoms with Gasteiger partial charge in [-0.1, -0.05) is 12.8 Å². The molecule has 5 heteroatoms. The molecule has 4 nitrogen and oxygen atoms in total. The third-order valence-corrected chi connectivity index (χ3v) is 4.54. The Labute approximate surface area is 135 Å². The fourth-order valence-electron chi connectivity index (χ4n) is 3.20. The van der Waals surface area contributed by atoms with E-state index in [4.69, 9.17) is 4.74 Å². The first-order valence-corrected chi connectivity index (χ1v) is 8.43. The Hall–Kier alpha value is -0.320. The Kier molecular flexibility index (Phi) is 10.1. The van der Waals surface area contributed by atoms with Crippen molar-refractivity contribution in [3.8, 4) is 0 Å². The van der Waals surface area contributed by atoms with Crippen molar-refractivity contribution in [3.63, 3.8) is 0 Å². The van der Waals surface area contributed by atoms with Gasteiger partial charge in [0, 0.05) is 19.6 Å². The lowest BCUT2D eigenvalue weighted by Crippen LogP contribution is -2.30. The summed E-state index contributed by atoms with van der Waals surface area (Å²) in [5.41, 5.74) is 0. The number of carbonyl (C=O) groups is 1. The molecule has 124 valence electrons. The minimum Gasteiger partial charge on any atom is -0.378 e. The Morgan fingerprint density at radius 1 is 1.14 bits per heavy atom. The number of hydrogen-bond acceptors (Lipinski definition) is 3. The summed E-state index contributed by atoms with van der Waals surface area (Å²) < 4.78 is 5.78. The second-order valence-electron chi connectivity index (χ2n) is 6.21. The van der Waals surface area contributed by atoms with Crippen LogP contribution in [0.15, 0.2) is 0 Å². The van der Waals surface area contributed by atoms with Crippen LogP contribution in [-0.2, 0) is 9.53 Å². The van der Waals surface area contributed by atoms with Crippen molar-refractivity contribution >= 4 is 18.3 Å². The molecule has 0 aromatic heterocycles. The molecular formula is C16H31ClN2O2. The molecule has 2 N–H and O–H groups in total. The lowest BCUT2D eigenvalue weighted by molar-refractivity contribution is -0.121. The number of halogens is 1. The third kappa shape index (κ3) is 8.03. The van der Waals surface area contributed by atoms with Crippen LogP contribution >= 0.6 is 12.4 Å². The number of hydrogen-bond donors (Lipinski definition) is 2. The largest absolute Gasteiger partial charge is 0.378 e. The summed E-state index contributed by atoms with van der Waals surface area (Å²) in [6, 6.07) is 0. The van der Waals surface area contributed by atoms with E-state index in [1.807, 2.05) is 0 Å². The van der Waals surface area contributed by atoms with Crippen molar-refractivity contribution in [2.45, 2.75) is 63.9 Å². The van der Waals surface area contributed by atoms with E-state index in [1.54, 1.807) is 0 Å². The molecule has 0 radical (unpaired) electrons. The molecule has 0 bridgehead atoms. The van der Waals surface area contributed by atoms with Gasteiger partial charge in [0.1, 0.15) is 0 Å². The summed E-state index contributed by atoms with van der Waals surface area (Å²) in [7, 11) is 0. The molecule has 0 unspecified atom stereocenters. The van der Waals surface area contributed by atoms with Crippen molar-refractivity contribution in [1.82, 2.24) is 10.6 Å². The van der Waals surface area contributed by atoms with Crippen LogP contribution in [0.2, 0.25) is 0 Å². The van der Waals surface area contributed by atoms with Crippen molar-refractivity contribution in [3.05, 3.63) is 0 Å². The molecule has 1 amide bonds. The predicted octanol–water partition coefficient (Wildman–Crippen LogP) is 2.65. The topological polar surface area (TPSA) is 50.4 Å². The summed E-state index contributed by atoms with van der Waals surface area (Å²) in [6.45, 7) is 3.78. The Morgan fingerprint density at radius 2 is 1.86 bits per heavy atom. The highest BCUT2D eigenvalue weighted by Gasteiger charge is 2.15. The van der Waals surface area contributed by atoms with E-state index < -0.39 is 0 Å². The molecule has 1 aliphatic carbocycles. The maximum absolute atomic E-state index is 11.7. The fourth-order valence-corrected chi connectivity index (χ4v) is 3.20. The van der Waals surface area contributed by atoms with Crippen molar-refractivity contribution in [2.24, 2.45) is 5.92 Å². The van der Waals surface area contributed by atoms with E-state index in [9.17, 15) is 4.79 Å². The molecule has 0 spiro atoms. The summed E-state index contributed by atoms with van der Waals surface area (Å²) >= 11 is 0. The molecule has 2 rings (SSSR count). The van der Waals surface area contributed by atoms with E-state index in [0.29, 0.717) is 12.5 Å². The normalized spacial score (nSPS) is 20.2. The molecule has 1 aliphatic heterocycles. The second-order valence-corrected chi connectivity index (χ2v) is 6.21. The van der Waals surface area contributed by atoms with Crippen LogP contribution in [0.1, 0.15) is 57.8 Å². The average Bonchev–Trinajstić information content (AvgIpc) is 2.99. The quantitative estimate of drug-likeness (QED) is 0.676. The molecule has 2 fully saturated rings. The highest BCUT2D eigenvalue weighted by Crippen LogP contribution is 2.20. The third-order valence-electron chi connectivity index (χ3n) is 4.54. The zero-order valence-corrected chi connectivity index (χ0v) is 13.9. The number of piperidine rings is 1. The number of nitrogens with one attached hydrogen (secondary N) is 2. The smallest absolute Gasteiger partial charge is 0.220 e. The van der Waals surface area contributed by atoms with Gasteiger partial charge in [-0.3, -0.25) is 4.79 Å². The van der Waals surface area contributed by atoms with Crippen molar-refractivity contribution in [2.75, 3.05) is 26.2 Å². The summed E-state index contributed by atoms with van der Waals surface area (Å²) in [6.07, 6.45) is 10.7. The van der Waals surface area contributed by atoms with E-state index in [2.05, 4.69) is 10.6 Å². The van der Waals surface area contributed by atoms with Crippen LogP contribution in [0, 0.1) is 5.92 Å². The lowest BCUT2D eigenvalue weighted by Gasteiger charge is -2.22. The number of rotatable bonds is 8. The van der Waals surface area contributed by atoms with Crippen LogP contribution in [0.5, 0.6) is 0 Å². The second kappa shape index (κ2) is 11.3. The van der Waals surface area contributed by atoms with Gasteiger partial charge in [0.25, 0.3) is 0 Å². The predicted molar refractivity (Wildman–Crippen MR) is 87.9 cm³/mol. The maximum Gasteiger partial charge on any atom is 0.220 e. The van der Waals surface area contributed by atoms with Gasteiger partial charge in [-0.2, -0.15) is 0 Å². The Balaban J connectivity index is 0.00000220. The maximum atomic E-state index is 11.7. The minimum absolute atomic E-state index is 0. The van der Waals surface area contributed by atoms with Gasteiger partial charge in [-0.15, -0.1) is 12.4 Å². The molecule has 0 atom stereocenters. The average molecular weight is 319 g/mol. The van der Waals surface area contributed by atoms with Crippen LogP contribution < -0.4 is 10.6 Å². The minimum atomic E-state index is 0. The Bertz CT molecular complexity index is 277. The molecule has 1 saturated carbocycles. The first-order valence-electron chi connectivity index (χ1n) is 8.43. The first-order chi connectivity index (χ1) is 9.84. The van der Waals surface area contributed by atoms with Gasteiger partial charge in [0.05, 0.1) is 6.10 Å². The molecule has 0 aromatic rings. The van der Waals surface area contributed by atoms with Gasteiger partial charge < -0.3 is 15.4 Å². The molecule has 2 aliphatic rings. The molecule has 1 heterocycles. The monoisotopic (exact) mass is 318 g/mol.